The predicted molar refractivity (Wildman–Crippen MR) is 53.3 cm³/mol. The number of hydrogen-bond acceptors (Lipinski definition) is 2. The smallest absolute Gasteiger partial charge is 0.254 e. The molecular formula is C9H10BrNO2. The second-order valence-corrected chi connectivity index (χ2v) is 3.28. The van der Waals surface area contributed by atoms with E-state index >= 15 is 0 Å². The van der Waals surface area contributed by atoms with Gasteiger partial charge in [0.25, 0.3) is 5.91 Å². The maximum absolute atomic E-state index is 11.0. The van der Waals surface area contributed by atoms with Crippen LogP contribution in [0.1, 0.15) is 5.56 Å². The van der Waals surface area contributed by atoms with Crippen LogP contribution in [0.25, 0.3) is 0 Å². The molecule has 0 heterocycles. The van der Waals surface area contributed by atoms with E-state index < -0.39 is 11.5 Å². The molecule has 0 saturated carbocycles. The number of carbonyl (C=O) groups excluding carboxylic acids is 1. The minimum atomic E-state index is -1.61. The third kappa shape index (κ3) is 1.89. The van der Waals surface area contributed by atoms with Gasteiger partial charge in [0.15, 0.2) is 5.60 Å². The van der Waals surface area contributed by atoms with Crippen LogP contribution in [-0.4, -0.2) is 16.3 Å². The van der Waals surface area contributed by atoms with E-state index in [0.717, 1.165) is 0 Å². The number of amides is 1. The lowest BCUT2D eigenvalue weighted by atomic mass is 9.96. The van der Waals surface area contributed by atoms with Crippen LogP contribution in [0.5, 0.6) is 0 Å². The van der Waals surface area contributed by atoms with Crippen molar-refractivity contribution in [2.45, 2.75) is 5.60 Å². The van der Waals surface area contributed by atoms with Gasteiger partial charge in [-0.25, -0.2) is 0 Å². The summed E-state index contributed by atoms with van der Waals surface area (Å²) >= 11 is 3.06. The molecule has 0 aliphatic carbocycles. The third-order valence-electron chi connectivity index (χ3n) is 1.85. The van der Waals surface area contributed by atoms with Gasteiger partial charge in [-0.15, -0.1) is 0 Å². The molecule has 0 saturated heterocycles. The number of rotatable bonds is 3. The van der Waals surface area contributed by atoms with Crippen LogP contribution in [0.4, 0.5) is 0 Å². The van der Waals surface area contributed by atoms with Crippen molar-refractivity contribution < 1.29 is 9.90 Å². The number of alkyl halides is 1. The van der Waals surface area contributed by atoms with E-state index in [2.05, 4.69) is 15.9 Å². The standard InChI is InChI=1S/C9H10BrNO2/c10-6-9(13,8(11)12)7-4-2-1-3-5-7/h1-5,13H,6H2,(H2,11,12). The Kier molecular flexibility index (Phi) is 3.06. The first-order chi connectivity index (χ1) is 6.11. The quantitative estimate of drug-likeness (QED) is 0.771. The molecule has 70 valence electrons. The molecule has 4 heteroatoms. The normalized spacial score (nSPS) is 14.9. The molecular weight excluding hydrogens is 234 g/mol. The molecule has 1 amide bonds. The molecule has 1 atom stereocenters. The Morgan fingerprint density at radius 3 is 2.38 bits per heavy atom. The van der Waals surface area contributed by atoms with Gasteiger partial charge < -0.3 is 10.8 Å². The Bertz CT molecular complexity index is 302. The Hall–Kier alpha value is -0.870. The first-order valence-corrected chi connectivity index (χ1v) is 4.87. The summed E-state index contributed by atoms with van der Waals surface area (Å²) in [4.78, 5) is 11.0. The molecule has 13 heavy (non-hydrogen) atoms. The van der Waals surface area contributed by atoms with Gasteiger partial charge in [0.2, 0.25) is 0 Å². The Morgan fingerprint density at radius 1 is 1.46 bits per heavy atom. The first-order valence-electron chi connectivity index (χ1n) is 3.75. The molecule has 3 N–H and O–H groups in total. The van der Waals surface area contributed by atoms with E-state index in [1.54, 1.807) is 30.3 Å². The number of hydrogen-bond donors (Lipinski definition) is 2. The number of aliphatic hydroxyl groups is 1. The van der Waals surface area contributed by atoms with Crippen molar-refractivity contribution >= 4 is 21.8 Å². The fourth-order valence-corrected chi connectivity index (χ4v) is 1.60. The highest BCUT2D eigenvalue weighted by atomic mass is 79.9. The summed E-state index contributed by atoms with van der Waals surface area (Å²) in [6, 6.07) is 8.61. The average Bonchev–Trinajstić information content (AvgIpc) is 2.17. The van der Waals surface area contributed by atoms with Crippen LogP contribution >= 0.6 is 15.9 Å². The first kappa shape index (κ1) is 10.2. The van der Waals surface area contributed by atoms with Gasteiger partial charge in [-0.1, -0.05) is 46.3 Å². The van der Waals surface area contributed by atoms with E-state index in [9.17, 15) is 9.90 Å². The molecule has 0 aliphatic heterocycles. The number of halogens is 1. The molecule has 0 spiro atoms. The zero-order chi connectivity index (χ0) is 9.90. The Labute approximate surface area is 84.7 Å². The number of primary amides is 1. The van der Waals surface area contributed by atoms with E-state index in [1.165, 1.54) is 0 Å². The SMILES string of the molecule is NC(=O)C(O)(CBr)c1ccccc1. The van der Waals surface area contributed by atoms with E-state index in [-0.39, 0.29) is 5.33 Å². The molecule has 1 rings (SSSR count). The van der Waals surface area contributed by atoms with Crippen LogP contribution in [0.2, 0.25) is 0 Å². The highest BCUT2D eigenvalue weighted by molar-refractivity contribution is 9.09. The van der Waals surface area contributed by atoms with Crippen molar-refractivity contribution in [2.24, 2.45) is 5.73 Å². The van der Waals surface area contributed by atoms with Gasteiger partial charge in [0.05, 0.1) is 0 Å². The van der Waals surface area contributed by atoms with Crippen molar-refractivity contribution in [1.29, 1.82) is 0 Å². The maximum atomic E-state index is 11.0. The second-order valence-electron chi connectivity index (χ2n) is 2.72. The molecule has 0 aromatic heterocycles. The van der Waals surface area contributed by atoms with Crippen molar-refractivity contribution in [3.63, 3.8) is 0 Å². The van der Waals surface area contributed by atoms with Gasteiger partial charge in [-0.3, -0.25) is 4.79 Å². The molecule has 0 fully saturated rings. The number of benzene rings is 1. The lowest BCUT2D eigenvalue weighted by molar-refractivity contribution is -0.134. The third-order valence-corrected chi connectivity index (χ3v) is 2.66. The summed E-state index contributed by atoms with van der Waals surface area (Å²) in [7, 11) is 0. The molecule has 0 aliphatic rings. The maximum Gasteiger partial charge on any atom is 0.254 e. The van der Waals surface area contributed by atoms with Crippen LogP contribution in [0.15, 0.2) is 30.3 Å². The lowest BCUT2D eigenvalue weighted by Gasteiger charge is -2.22. The van der Waals surface area contributed by atoms with Crippen molar-refractivity contribution in [2.75, 3.05) is 5.33 Å². The fraction of sp³-hybridized carbons (Fsp3) is 0.222. The molecule has 1 unspecified atom stereocenters. The van der Waals surface area contributed by atoms with Gasteiger partial charge in [0, 0.05) is 5.33 Å². The highest BCUT2D eigenvalue weighted by Gasteiger charge is 2.34. The van der Waals surface area contributed by atoms with Gasteiger partial charge in [-0.2, -0.15) is 0 Å². The van der Waals surface area contributed by atoms with Crippen LogP contribution < -0.4 is 5.73 Å². The van der Waals surface area contributed by atoms with Crippen molar-refractivity contribution in [3.8, 4) is 0 Å². The van der Waals surface area contributed by atoms with E-state index in [4.69, 9.17) is 5.73 Å². The average molecular weight is 244 g/mol. The number of nitrogens with two attached hydrogens (primary N) is 1. The molecule has 3 nitrogen and oxygen atoms in total. The van der Waals surface area contributed by atoms with Crippen LogP contribution in [0, 0.1) is 0 Å². The summed E-state index contributed by atoms with van der Waals surface area (Å²) in [5, 5.41) is 9.94. The zero-order valence-electron chi connectivity index (χ0n) is 6.90. The summed E-state index contributed by atoms with van der Waals surface area (Å²) in [6.45, 7) is 0. The summed E-state index contributed by atoms with van der Waals surface area (Å²) in [5.74, 6) is -0.754. The van der Waals surface area contributed by atoms with Gasteiger partial charge >= 0.3 is 0 Å². The van der Waals surface area contributed by atoms with E-state index in [1.807, 2.05) is 0 Å². The van der Waals surface area contributed by atoms with Crippen LogP contribution in [0.3, 0.4) is 0 Å². The number of carbonyl (C=O) groups is 1. The van der Waals surface area contributed by atoms with Crippen LogP contribution in [-0.2, 0) is 10.4 Å². The Morgan fingerprint density at radius 2 is 2.00 bits per heavy atom. The monoisotopic (exact) mass is 243 g/mol. The van der Waals surface area contributed by atoms with E-state index in [0.29, 0.717) is 5.56 Å². The minimum absolute atomic E-state index is 0.0966. The Balaban J connectivity index is 3.11. The van der Waals surface area contributed by atoms with Crippen molar-refractivity contribution in [1.82, 2.24) is 0 Å². The lowest BCUT2D eigenvalue weighted by Crippen LogP contribution is -2.42. The summed E-state index contributed by atoms with van der Waals surface area (Å²) < 4.78 is 0. The predicted octanol–water partition coefficient (Wildman–Crippen LogP) is 0.754. The second kappa shape index (κ2) is 3.89. The fourth-order valence-electron chi connectivity index (χ4n) is 0.999. The van der Waals surface area contributed by atoms with Gasteiger partial charge in [-0.05, 0) is 5.56 Å². The molecule has 1 aromatic rings. The highest BCUT2D eigenvalue weighted by Crippen LogP contribution is 2.22. The molecule has 1 aromatic carbocycles. The topological polar surface area (TPSA) is 63.3 Å². The molecule has 0 bridgehead atoms. The van der Waals surface area contributed by atoms with Gasteiger partial charge in [0.1, 0.15) is 0 Å². The summed E-state index contributed by atoms with van der Waals surface area (Å²) in [6.07, 6.45) is 0. The largest absolute Gasteiger partial charge is 0.375 e. The minimum Gasteiger partial charge on any atom is -0.375 e. The van der Waals surface area contributed by atoms with Crippen molar-refractivity contribution in [3.05, 3.63) is 35.9 Å². The summed E-state index contributed by atoms with van der Waals surface area (Å²) in [5.41, 5.74) is 3.98. The molecule has 0 radical (unpaired) electrons. The zero-order valence-corrected chi connectivity index (χ0v) is 8.49.